The summed E-state index contributed by atoms with van der Waals surface area (Å²) in [6.45, 7) is 1.20. The first-order valence-electron chi connectivity index (χ1n) is 7.26. The van der Waals surface area contributed by atoms with Crippen LogP contribution in [0.1, 0.15) is 36.4 Å². The summed E-state index contributed by atoms with van der Waals surface area (Å²) in [5, 5.41) is 0. The number of hydrogen-bond donors (Lipinski definition) is 0. The van der Waals surface area contributed by atoms with Gasteiger partial charge in [-0.2, -0.15) is 13.2 Å². The molecule has 2 rings (SSSR count). The molecule has 0 aromatic heterocycles. The third kappa shape index (κ3) is 4.71. The van der Waals surface area contributed by atoms with Gasteiger partial charge >= 0.3 is 6.18 Å². The van der Waals surface area contributed by atoms with Gasteiger partial charge in [0.15, 0.2) is 0 Å². The number of benzene rings is 1. The van der Waals surface area contributed by atoms with E-state index in [-0.39, 0.29) is 11.8 Å². The van der Waals surface area contributed by atoms with E-state index in [1.165, 1.54) is 18.4 Å². The number of rotatable bonds is 4. The van der Waals surface area contributed by atoms with Gasteiger partial charge in [-0.25, -0.2) is 8.42 Å². The average Bonchev–Trinajstić information content (AvgIpc) is 2.44. The van der Waals surface area contributed by atoms with Gasteiger partial charge in [-0.3, -0.25) is 4.90 Å². The second-order valence-electron chi connectivity index (χ2n) is 5.80. The van der Waals surface area contributed by atoms with Crippen molar-refractivity contribution in [1.29, 1.82) is 0 Å². The van der Waals surface area contributed by atoms with Crippen molar-refractivity contribution >= 4 is 9.84 Å². The molecule has 7 heteroatoms. The lowest BCUT2D eigenvalue weighted by Gasteiger charge is -2.36. The Morgan fingerprint density at radius 1 is 1.18 bits per heavy atom. The minimum Gasteiger partial charge on any atom is -0.295 e. The molecule has 1 aliphatic rings. The molecule has 1 aromatic rings. The maximum atomic E-state index is 12.6. The largest absolute Gasteiger partial charge is 0.416 e. The Labute approximate surface area is 129 Å². The van der Waals surface area contributed by atoms with Crippen LogP contribution in [0.2, 0.25) is 0 Å². The number of nitrogens with zero attached hydrogens (tertiary/aromatic N) is 1. The Kier molecular flexibility index (Phi) is 5.17. The number of halogens is 3. The monoisotopic (exact) mass is 335 g/mol. The molecule has 22 heavy (non-hydrogen) atoms. The van der Waals surface area contributed by atoms with Crippen LogP contribution in [0.25, 0.3) is 0 Å². The number of likely N-dealkylation sites (tertiary alicyclic amines) is 1. The Bertz CT molecular complexity index is 596. The number of piperidine rings is 1. The summed E-state index contributed by atoms with van der Waals surface area (Å²) in [5.74, 6) is 0.0735. The minimum absolute atomic E-state index is 0.00205. The smallest absolute Gasteiger partial charge is 0.295 e. The maximum absolute atomic E-state index is 12.6. The van der Waals surface area contributed by atoms with E-state index in [1.807, 2.05) is 0 Å². The first-order chi connectivity index (χ1) is 10.2. The van der Waals surface area contributed by atoms with Crippen LogP contribution in [-0.2, 0) is 16.0 Å². The van der Waals surface area contributed by atoms with Crippen molar-refractivity contribution in [2.75, 3.05) is 25.1 Å². The zero-order valence-electron chi connectivity index (χ0n) is 12.4. The summed E-state index contributed by atoms with van der Waals surface area (Å²) in [6.07, 6.45) is -0.303. The molecule has 3 nitrogen and oxygen atoms in total. The molecule has 1 saturated heterocycles. The van der Waals surface area contributed by atoms with Crippen LogP contribution in [0.5, 0.6) is 0 Å². The van der Waals surface area contributed by atoms with Crippen molar-refractivity contribution in [3.63, 3.8) is 0 Å². The fourth-order valence-electron chi connectivity index (χ4n) is 2.81. The minimum atomic E-state index is -4.33. The molecule has 1 atom stereocenters. The molecule has 0 saturated carbocycles. The van der Waals surface area contributed by atoms with E-state index in [9.17, 15) is 21.6 Å². The van der Waals surface area contributed by atoms with Gasteiger partial charge in [0.05, 0.1) is 11.3 Å². The summed E-state index contributed by atoms with van der Waals surface area (Å²) >= 11 is 0. The first-order valence-corrected chi connectivity index (χ1v) is 9.32. The molecule has 124 valence electrons. The van der Waals surface area contributed by atoms with E-state index in [0.29, 0.717) is 6.54 Å². The van der Waals surface area contributed by atoms with E-state index in [4.69, 9.17) is 0 Å². The fraction of sp³-hybridized carbons (Fsp3) is 0.600. The molecule has 0 amide bonds. The van der Waals surface area contributed by atoms with Crippen LogP contribution < -0.4 is 0 Å². The standard InChI is InChI=1S/C15H20F3NO2S/c1-22(20,21)11-10-19-9-3-2-4-14(19)12-5-7-13(8-6-12)15(16,17)18/h5-8,14H,2-4,9-11H2,1H3. The van der Waals surface area contributed by atoms with E-state index in [2.05, 4.69) is 4.90 Å². The van der Waals surface area contributed by atoms with E-state index >= 15 is 0 Å². The van der Waals surface area contributed by atoms with Crippen LogP contribution >= 0.6 is 0 Å². The highest BCUT2D eigenvalue weighted by molar-refractivity contribution is 7.90. The molecule has 0 spiro atoms. The van der Waals surface area contributed by atoms with Crippen molar-refractivity contribution in [2.24, 2.45) is 0 Å². The predicted molar refractivity (Wildman–Crippen MR) is 79.3 cm³/mol. The molecule has 0 aliphatic carbocycles. The van der Waals surface area contributed by atoms with E-state index < -0.39 is 21.6 Å². The van der Waals surface area contributed by atoms with Gasteiger partial charge in [0, 0.05) is 18.8 Å². The molecule has 1 aromatic carbocycles. The van der Waals surface area contributed by atoms with Crippen LogP contribution in [0.4, 0.5) is 13.2 Å². The normalized spacial score (nSPS) is 21.0. The molecule has 1 aliphatic heterocycles. The van der Waals surface area contributed by atoms with Gasteiger partial charge in [0.25, 0.3) is 0 Å². The molecule has 1 fully saturated rings. The Morgan fingerprint density at radius 3 is 2.36 bits per heavy atom. The van der Waals surface area contributed by atoms with E-state index in [0.717, 1.165) is 43.5 Å². The van der Waals surface area contributed by atoms with Crippen LogP contribution in [0, 0.1) is 0 Å². The summed E-state index contributed by atoms with van der Waals surface area (Å²) < 4.78 is 60.5. The lowest BCUT2D eigenvalue weighted by Crippen LogP contribution is -2.36. The third-order valence-electron chi connectivity index (χ3n) is 3.99. The first kappa shape index (κ1) is 17.3. The number of alkyl halides is 3. The van der Waals surface area contributed by atoms with Crippen molar-refractivity contribution in [2.45, 2.75) is 31.5 Å². The van der Waals surface area contributed by atoms with Gasteiger partial charge in [0.2, 0.25) is 0 Å². The van der Waals surface area contributed by atoms with Crippen molar-refractivity contribution in [1.82, 2.24) is 4.90 Å². The molecule has 0 radical (unpaired) electrons. The van der Waals surface area contributed by atoms with Crippen LogP contribution in [-0.4, -0.2) is 38.4 Å². The second-order valence-corrected chi connectivity index (χ2v) is 8.06. The number of sulfone groups is 1. The topological polar surface area (TPSA) is 37.4 Å². The quantitative estimate of drug-likeness (QED) is 0.847. The molecular weight excluding hydrogens is 315 g/mol. The summed E-state index contributed by atoms with van der Waals surface area (Å²) in [6, 6.07) is 5.20. The molecule has 1 unspecified atom stereocenters. The van der Waals surface area contributed by atoms with Crippen LogP contribution in [0.15, 0.2) is 24.3 Å². The molecule has 0 N–H and O–H groups in total. The van der Waals surface area contributed by atoms with Crippen molar-refractivity contribution < 1.29 is 21.6 Å². The fourth-order valence-corrected chi connectivity index (χ4v) is 3.38. The van der Waals surface area contributed by atoms with Gasteiger partial charge in [-0.15, -0.1) is 0 Å². The van der Waals surface area contributed by atoms with E-state index in [1.54, 1.807) is 0 Å². The molecule has 1 heterocycles. The zero-order chi connectivity index (χ0) is 16.4. The predicted octanol–water partition coefficient (Wildman–Crippen LogP) is 3.28. The van der Waals surface area contributed by atoms with Crippen molar-refractivity contribution in [3.8, 4) is 0 Å². The van der Waals surface area contributed by atoms with Gasteiger partial charge < -0.3 is 0 Å². The Hall–Kier alpha value is -1.08. The lowest BCUT2D eigenvalue weighted by atomic mass is 9.94. The zero-order valence-corrected chi connectivity index (χ0v) is 13.3. The number of hydrogen-bond acceptors (Lipinski definition) is 3. The summed E-state index contributed by atoms with van der Waals surface area (Å²) in [7, 11) is -3.05. The summed E-state index contributed by atoms with van der Waals surface area (Å²) in [4.78, 5) is 2.06. The van der Waals surface area contributed by atoms with Crippen LogP contribution in [0.3, 0.4) is 0 Å². The Balaban J connectivity index is 2.13. The average molecular weight is 335 g/mol. The SMILES string of the molecule is CS(=O)(=O)CCN1CCCCC1c1ccc(C(F)(F)F)cc1. The van der Waals surface area contributed by atoms with Gasteiger partial charge in [-0.05, 0) is 37.1 Å². The third-order valence-corrected chi connectivity index (χ3v) is 4.91. The van der Waals surface area contributed by atoms with Gasteiger partial charge in [-0.1, -0.05) is 18.6 Å². The highest BCUT2D eigenvalue weighted by atomic mass is 32.2. The lowest BCUT2D eigenvalue weighted by molar-refractivity contribution is -0.137. The Morgan fingerprint density at radius 2 is 1.82 bits per heavy atom. The van der Waals surface area contributed by atoms with Crippen molar-refractivity contribution in [3.05, 3.63) is 35.4 Å². The summed E-state index contributed by atoms with van der Waals surface area (Å²) in [5.41, 5.74) is 0.163. The highest BCUT2D eigenvalue weighted by Crippen LogP contribution is 2.34. The second kappa shape index (κ2) is 6.58. The molecular formula is C15H20F3NO2S. The maximum Gasteiger partial charge on any atom is 0.416 e. The van der Waals surface area contributed by atoms with Gasteiger partial charge in [0.1, 0.15) is 9.84 Å². The highest BCUT2D eigenvalue weighted by Gasteiger charge is 2.31. The molecule has 0 bridgehead atoms.